The van der Waals surface area contributed by atoms with Crippen LogP contribution >= 0.6 is 0 Å². The molecular formula is C21H35NO4. The smallest absolute Gasteiger partial charge is 0.303 e. The molecule has 1 heterocycles. The molecule has 0 amide bonds. The SMILES string of the molecule is Cc1coc(CC(=O)CCCCCCCCCCCCCCC(=O)O)n1. The molecule has 0 radical (unpaired) electrons. The van der Waals surface area contributed by atoms with Crippen molar-refractivity contribution in [2.45, 2.75) is 103 Å². The van der Waals surface area contributed by atoms with E-state index >= 15 is 0 Å². The number of carboxylic acid groups (broad SMARTS) is 1. The third kappa shape index (κ3) is 12.7. The number of carboxylic acids is 1. The minimum absolute atomic E-state index is 0.218. The molecule has 0 fully saturated rings. The maximum atomic E-state index is 11.8. The molecule has 0 aromatic carbocycles. The molecule has 1 aromatic heterocycles. The highest BCUT2D eigenvalue weighted by Gasteiger charge is 2.08. The Bertz CT molecular complexity index is 510. The number of hydrogen-bond acceptors (Lipinski definition) is 4. The van der Waals surface area contributed by atoms with Crippen LogP contribution in [0.25, 0.3) is 0 Å². The van der Waals surface area contributed by atoms with Gasteiger partial charge in [0.05, 0.1) is 12.1 Å². The number of oxazole rings is 1. The van der Waals surface area contributed by atoms with Gasteiger partial charge in [-0.1, -0.05) is 64.2 Å². The first kappa shape index (κ1) is 22.4. The van der Waals surface area contributed by atoms with Crippen molar-refractivity contribution in [2.75, 3.05) is 0 Å². The Morgan fingerprint density at radius 3 is 1.73 bits per heavy atom. The fourth-order valence-electron chi connectivity index (χ4n) is 3.11. The van der Waals surface area contributed by atoms with E-state index in [1.54, 1.807) is 6.26 Å². The fourth-order valence-corrected chi connectivity index (χ4v) is 3.11. The number of carbonyl (C=O) groups is 2. The molecular weight excluding hydrogens is 330 g/mol. The molecule has 0 atom stereocenters. The van der Waals surface area contributed by atoms with Gasteiger partial charge in [-0.15, -0.1) is 0 Å². The van der Waals surface area contributed by atoms with Gasteiger partial charge in [0.25, 0.3) is 0 Å². The lowest BCUT2D eigenvalue weighted by Gasteiger charge is -2.03. The number of rotatable bonds is 17. The van der Waals surface area contributed by atoms with Gasteiger partial charge in [-0.25, -0.2) is 4.98 Å². The van der Waals surface area contributed by atoms with E-state index in [2.05, 4.69) is 4.98 Å². The van der Waals surface area contributed by atoms with Crippen LogP contribution in [0.15, 0.2) is 10.7 Å². The fraction of sp³-hybridized carbons (Fsp3) is 0.762. The van der Waals surface area contributed by atoms with Gasteiger partial charge in [-0.05, 0) is 19.8 Å². The monoisotopic (exact) mass is 365 g/mol. The van der Waals surface area contributed by atoms with Crippen molar-refractivity contribution in [2.24, 2.45) is 0 Å². The van der Waals surface area contributed by atoms with Crippen LogP contribution in [-0.2, 0) is 16.0 Å². The van der Waals surface area contributed by atoms with Crippen LogP contribution in [0.3, 0.4) is 0 Å². The molecule has 5 nitrogen and oxygen atoms in total. The number of nitrogens with zero attached hydrogens (tertiary/aromatic N) is 1. The highest BCUT2D eigenvalue weighted by atomic mass is 16.4. The maximum Gasteiger partial charge on any atom is 0.303 e. The molecule has 0 aliphatic rings. The predicted octanol–water partition coefficient (Wildman–Crippen LogP) is 5.64. The van der Waals surface area contributed by atoms with Crippen LogP contribution in [0.1, 0.15) is 101 Å². The summed E-state index contributed by atoms with van der Waals surface area (Å²) in [6.07, 6.45) is 16.8. The molecule has 0 saturated carbocycles. The average Bonchev–Trinajstić information content (AvgIpc) is 2.99. The second kappa shape index (κ2) is 14.5. The average molecular weight is 366 g/mol. The summed E-state index contributed by atoms with van der Waals surface area (Å²) in [5.74, 6) is 0.0728. The number of aliphatic carboxylic acids is 1. The van der Waals surface area contributed by atoms with Gasteiger partial charge in [0.15, 0.2) is 0 Å². The second-order valence-corrected chi connectivity index (χ2v) is 7.23. The van der Waals surface area contributed by atoms with E-state index in [0.29, 0.717) is 25.2 Å². The first-order chi connectivity index (χ1) is 12.6. The Morgan fingerprint density at radius 2 is 1.31 bits per heavy atom. The number of aryl methyl sites for hydroxylation is 1. The Kier molecular flexibility index (Phi) is 12.5. The van der Waals surface area contributed by atoms with Gasteiger partial charge in [0, 0.05) is 12.8 Å². The van der Waals surface area contributed by atoms with Gasteiger partial charge >= 0.3 is 5.97 Å². The first-order valence-electron chi connectivity index (χ1n) is 10.2. The van der Waals surface area contributed by atoms with Crippen LogP contribution in [-0.4, -0.2) is 21.8 Å². The van der Waals surface area contributed by atoms with E-state index in [0.717, 1.165) is 37.8 Å². The summed E-state index contributed by atoms with van der Waals surface area (Å²) in [6, 6.07) is 0. The topological polar surface area (TPSA) is 80.4 Å². The van der Waals surface area contributed by atoms with Gasteiger partial charge in [-0.2, -0.15) is 0 Å². The van der Waals surface area contributed by atoms with E-state index < -0.39 is 5.97 Å². The maximum absolute atomic E-state index is 11.8. The molecule has 5 heteroatoms. The van der Waals surface area contributed by atoms with Crippen molar-refractivity contribution in [3.63, 3.8) is 0 Å². The zero-order chi connectivity index (χ0) is 19.0. The summed E-state index contributed by atoms with van der Waals surface area (Å²) in [4.78, 5) is 26.4. The number of unbranched alkanes of at least 4 members (excludes halogenated alkanes) is 11. The number of aromatic nitrogens is 1. The third-order valence-electron chi connectivity index (χ3n) is 4.61. The Hall–Kier alpha value is -1.65. The summed E-state index contributed by atoms with van der Waals surface area (Å²) in [7, 11) is 0. The van der Waals surface area contributed by atoms with Crippen molar-refractivity contribution in [3.8, 4) is 0 Å². The van der Waals surface area contributed by atoms with E-state index in [1.165, 1.54) is 44.9 Å². The highest BCUT2D eigenvalue weighted by molar-refractivity contribution is 5.79. The number of ketones is 1. The van der Waals surface area contributed by atoms with E-state index in [-0.39, 0.29) is 5.78 Å². The summed E-state index contributed by atoms with van der Waals surface area (Å²) in [6.45, 7) is 1.86. The summed E-state index contributed by atoms with van der Waals surface area (Å²) in [5.41, 5.74) is 0.825. The summed E-state index contributed by atoms with van der Waals surface area (Å²) in [5, 5.41) is 8.56. The lowest BCUT2D eigenvalue weighted by Crippen LogP contribution is -2.02. The molecule has 0 aliphatic carbocycles. The molecule has 1 rings (SSSR count). The number of Topliss-reactive ketones (excluding diaryl/α,β-unsaturated/α-hetero) is 1. The molecule has 0 spiro atoms. The standard InChI is InChI=1S/C21H35NO4/c1-18-17-26-20(22-18)16-19(23)14-12-10-8-6-4-2-3-5-7-9-11-13-15-21(24)25/h17H,2-16H2,1H3,(H,24,25). The van der Waals surface area contributed by atoms with E-state index in [4.69, 9.17) is 9.52 Å². The molecule has 148 valence electrons. The molecule has 1 aromatic rings. The largest absolute Gasteiger partial charge is 0.481 e. The molecule has 26 heavy (non-hydrogen) atoms. The van der Waals surface area contributed by atoms with E-state index in [9.17, 15) is 9.59 Å². The third-order valence-corrected chi connectivity index (χ3v) is 4.61. The lowest BCUT2D eigenvalue weighted by atomic mass is 10.0. The van der Waals surface area contributed by atoms with Crippen molar-refractivity contribution >= 4 is 11.8 Å². The Morgan fingerprint density at radius 1 is 0.846 bits per heavy atom. The summed E-state index contributed by atoms with van der Waals surface area (Å²) < 4.78 is 5.21. The zero-order valence-electron chi connectivity index (χ0n) is 16.3. The number of hydrogen-bond donors (Lipinski definition) is 1. The van der Waals surface area contributed by atoms with Crippen molar-refractivity contribution in [3.05, 3.63) is 17.8 Å². The first-order valence-corrected chi connectivity index (χ1v) is 10.2. The minimum atomic E-state index is -0.681. The molecule has 0 bridgehead atoms. The Balaban J connectivity index is 1.79. The van der Waals surface area contributed by atoms with Crippen molar-refractivity contribution < 1.29 is 19.1 Å². The predicted molar refractivity (Wildman–Crippen MR) is 102 cm³/mol. The molecule has 0 unspecified atom stereocenters. The van der Waals surface area contributed by atoms with E-state index in [1.807, 2.05) is 6.92 Å². The molecule has 1 N–H and O–H groups in total. The van der Waals surface area contributed by atoms with Gasteiger partial charge in [0.2, 0.25) is 5.89 Å². The molecule has 0 saturated heterocycles. The van der Waals surface area contributed by atoms with Gasteiger partial charge in [-0.3, -0.25) is 9.59 Å². The van der Waals surface area contributed by atoms with Crippen molar-refractivity contribution in [1.82, 2.24) is 4.98 Å². The van der Waals surface area contributed by atoms with Crippen LogP contribution in [0.2, 0.25) is 0 Å². The normalized spacial score (nSPS) is 11.0. The van der Waals surface area contributed by atoms with Crippen LogP contribution < -0.4 is 0 Å². The minimum Gasteiger partial charge on any atom is -0.481 e. The molecule has 0 aliphatic heterocycles. The lowest BCUT2D eigenvalue weighted by molar-refractivity contribution is -0.137. The highest BCUT2D eigenvalue weighted by Crippen LogP contribution is 2.13. The van der Waals surface area contributed by atoms with Gasteiger partial charge in [0.1, 0.15) is 12.0 Å². The van der Waals surface area contributed by atoms with Crippen LogP contribution in [0, 0.1) is 6.92 Å². The van der Waals surface area contributed by atoms with Crippen LogP contribution in [0.4, 0.5) is 0 Å². The second-order valence-electron chi connectivity index (χ2n) is 7.23. The zero-order valence-corrected chi connectivity index (χ0v) is 16.3. The Labute approximate surface area is 157 Å². The summed E-state index contributed by atoms with van der Waals surface area (Å²) >= 11 is 0. The quantitative estimate of drug-likeness (QED) is 0.361. The van der Waals surface area contributed by atoms with Crippen LogP contribution in [0.5, 0.6) is 0 Å². The van der Waals surface area contributed by atoms with Crippen molar-refractivity contribution in [1.29, 1.82) is 0 Å². The number of carbonyl (C=O) groups excluding carboxylic acids is 1. The van der Waals surface area contributed by atoms with Gasteiger partial charge < -0.3 is 9.52 Å².